The molecule has 3 heterocycles. The molecule has 0 aliphatic carbocycles. The van der Waals surface area contributed by atoms with Gasteiger partial charge >= 0.3 is 0 Å². The van der Waals surface area contributed by atoms with Crippen LogP contribution in [0.3, 0.4) is 0 Å². The van der Waals surface area contributed by atoms with Crippen molar-refractivity contribution in [3.05, 3.63) is 75.1 Å². The third-order valence-corrected chi connectivity index (χ3v) is 6.12. The molecular weight excluding hydrogens is 424 g/mol. The summed E-state index contributed by atoms with van der Waals surface area (Å²) in [7, 11) is 0. The van der Waals surface area contributed by atoms with Crippen LogP contribution < -0.4 is 15.9 Å². The lowest BCUT2D eigenvalue weighted by atomic mass is 9.98. The third-order valence-electron chi connectivity index (χ3n) is 6.12. The predicted octanol–water partition coefficient (Wildman–Crippen LogP) is 2.69. The van der Waals surface area contributed by atoms with Crippen molar-refractivity contribution in [2.24, 2.45) is 5.73 Å². The molecule has 5 rings (SSSR count). The molecule has 3 aromatic rings. The zero-order chi connectivity index (χ0) is 23.1. The van der Waals surface area contributed by atoms with E-state index in [1.165, 1.54) is 0 Å². The minimum Gasteiger partial charge on any atom is -0.484 e. The van der Waals surface area contributed by atoms with Crippen LogP contribution in [0.25, 0.3) is 11.0 Å². The van der Waals surface area contributed by atoms with E-state index in [4.69, 9.17) is 19.6 Å². The van der Waals surface area contributed by atoms with Crippen molar-refractivity contribution < 1.29 is 23.5 Å². The molecular formula is C25H24N2O6. The highest BCUT2D eigenvalue weighted by molar-refractivity contribution is 5.99. The fourth-order valence-electron chi connectivity index (χ4n) is 4.58. The summed E-state index contributed by atoms with van der Waals surface area (Å²) >= 11 is 0. The quantitative estimate of drug-likeness (QED) is 0.621. The van der Waals surface area contributed by atoms with E-state index in [-0.39, 0.29) is 29.8 Å². The number of carbonyl (C=O) groups excluding carboxylic acids is 2. The summed E-state index contributed by atoms with van der Waals surface area (Å²) < 4.78 is 17.1. The van der Waals surface area contributed by atoms with Crippen LogP contribution in [0.4, 0.5) is 0 Å². The van der Waals surface area contributed by atoms with Gasteiger partial charge in [-0.2, -0.15) is 0 Å². The summed E-state index contributed by atoms with van der Waals surface area (Å²) in [6.45, 7) is 2.70. The maximum Gasteiger partial charge on any atom is 0.291 e. The molecule has 8 nitrogen and oxygen atoms in total. The molecule has 0 radical (unpaired) electrons. The van der Waals surface area contributed by atoms with E-state index in [1.807, 2.05) is 13.0 Å². The van der Waals surface area contributed by atoms with Crippen LogP contribution in [0.15, 0.2) is 51.7 Å². The summed E-state index contributed by atoms with van der Waals surface area (Å²) in [5.41, 5.74) is 7.33. The molecule has 2 N–H and O–H groups in total. The first-order valence-corrected chi connectivity index (χ1v) is 10.9. The van der Waals surface area contributed by atoms with Gasteiger partial charge in [0.25, 0.3) is 11.8 Å². The topological polar surface area (TPSA) is 112 Å². The standard InChI is InChI=1S/C25H24N2O6/c1-14-4-9-19-18(11-14)23(29)21-22(15-5-7-16(8-6-15)32-13-20(26)28)27(25(30)24(21)33-19)12-17-3-2-10-31-17/h4-9,11,17,22H,2-3,10,12-13H2,1H3,(H2,26,28)/t17-,22-/m0/s1. The van der Waals surface area contributed by atoms with Crippen molar-refractivity contribution in [2.75, 3.05) is 19.8 Å². The molecule has 1 fully saturated rings. The number of hydrogen-bond donors (Lipinski definition) is 1. The molecule has 1 saturated heterocycles. The Morgan fingerprint density at radius 3 is 2.67 bits per heavy atom. The Hall–Kier alpha value is -3.65. The molecule has 0 saturated carbocycles. The van der Waals surface area contributed by atoms with Gasteiger partial charge in [-0.15, -0.1) is 0 Å². The number of primary amides is 1. The number of amides is 2. The largest absolute Gasteiger partial charge is 0.484 e. The van der Waals surface area contributed by atoms with Gasteiger partial charge in [-0.3, -0.25) is 14.4 Å². The lowest BCUT2D eigenvalue weighted by Gasteiger charge is -2.27. The van der Waals surface area contributed by atoms with Gasteiger partial charge in [0.2, 0.25) is 5.76 Å². The van der Waals surface area contributed by atoms with Gasteiger partial charge in [-0.05, 0) is 49.6 Å². The Balaban J connectivity index is 1.60. The van der Waals surface area contributed by atoms with Crippen LogP contribution >= 0.6 is 0 Å². The van der Waals surface area contributed by atoms with Gasteiger partial charge in [0.1, 0.15) is 11.3 Å². The Morgan fingerprint density at radius 2 is 1.97 bits per heavy atom. The summed E-state index contributed by atoms with van der Waals surface area (Å²) in [6.07, 6.45) is 1.71. The number of nitrogens with zero attached hydrogens (tertiary/aromatic N) is 1. The molecule has 0 bridgehead atoms. The Labute approximate surface area is 189 Å². The molecule has 2 atom stereocenters. The first kappa shape index (κ1) is 21.2. The van der Waals surface area contributed by atoms with Gasteiger partial charge < -0.3 is 24.5 Å². The van der Waals surface area contributed by atoms with Gasteiger partial charge in [-0.25, -0.2) is 0 Å². The fraction of sp³-hybridized carbons (Fsp3) is 0.320. The van der Waals surface area contributed by atoms with Crippen molar-refractivity contribution in [1.29, 1.82) is 0 Å². The Kier molecular flexibility index (Phi) is 5.38. The SMILES string of the molecule is Cc1ccc2oc3c(c(=O)c2c1)[C@H](c1ccc(OCC(N)=O)cc1)N(C[C@@H]1CCCO1)C3=O. The normalized spacial score (nSPS) is 19.8. The zero-order valence-corrected chi connectivity index (χ0v) is 18.2. The van der Waals surface area contributed by atoms with Crippen molar-refractivity contribution in [2.45, 2.75) is 31.9 Å². The number of hydrogen-bond acceptors (Lipinski definition) is 6. The first-order chi connectivity index (χ1) is 15.9. The van der Waals surface area contributed by atoms with E-state index in [9.17, 15) is 14.4 Å². The van der Waals surface area contributed by atoms with Crippen LogP contribution in [-0.2, 0) is 9.53 Å². The Morgan fingerprint density at radius 1 is 1.18 bits per heavy atom. The third kappa shape index (κ3) is 3.87. The second kappa shape index (κ2) is 8.37. The average molecular weight is 448 g/mol. The van der Waals surface area contributed by atoms with Crippen LogP contribution in [0.2, 0.25) is 0 Å². The molecule has 1 aromatic heterocycles. The Bertz CT molecular complexity index is 1290. The summed E-state index contributed by atoms with van der Waals surface area (Å²) in [5, 5.41) is 0.451. The van der Waals surface area contributed by atoms with Crippen molar-refractivity contribution in [3.8, 4) is 5.75 Å². The number of carbonyl (C=O) groups is 2. The number of ether oxygens (including phenoxy) is 2. The van der Waals surface area contributed by atoms with Crippen LogP contribution in [0.1, 0.15) is 46.1 Å². The highest BCUT2D eigenvalue weighted by Crippen LogP contribution is 2.39. The molecule has 0 spiro atoms. The molecule has 8 heteroatoms. The van der Waals surface area contributed by atoms with Crippen molar-refractivity contribution in [1.82, 2.24) is 4.90 Å². The molecule has 170 valence electrons. The summed E-state index contributed by atoms with van der Waals surface area (Å²) in [6, 6.07) is 11.7. The van der Waals surface area contributed by atoms with Gasteiger partial charge in [0, 0.05) is 13.2 Å². The summed E-state index contributed by atoms with van der Waals surface area (Å²) in [4.78, 5) is 39.7. The minimum absolute atomic E-state index is 0.0772. The highest BCUT2D eigenvalue weighted by Gasteiger charge is 2.43. The lowest BCUT2D eigenvalue weighted by molar-refractivity contribution is -0.119. The molecule has 2 aliphatic rings. The molecule has 0 unspecified atom stereocenters. The van der Waals surface area contributed by atoms with E-state index in [2.05, 4.69) is 0 Å². The van der Waals surface area contributed by atoms with E-state index in [1.54, 1.807) is 41.3 Å². The maximum atomic E-state index is 13.6. The smallest absolute Gasteiger partial charge is 0.291 e. The second-order valence-electron chi connectivity index (χ2n) is 8.49. The molecule has 2 aromatic carbocycles. The van der Waals surface area contributed by atoms with E-state index in [0.717, 1.165) is 24.0 Å². The molecule has 2 amide bonds. The first-order valence-electron chi connectivity index (χ1n) is 10.9. The van der Waals surface area contributed by atoms with Crippen LogP contribution in [0, 0.1) is 6.92 Å². The second-order valence-corrected chi connectivity index (χ2v) is 8.49. The number of rotatable bonds is 6. The monoisotopic (exact) mass is 448 g/mol. The number of benzene rings is 2. The number of aryl methyl sites for hydroxylation is 1. The molecule has 33 heavy (non-hydrogen) atoms. The van der Waals surface area contributed by atoms with Crippen molar-refractivity contribution in [3.63, 3.8) is 0 Å². The zero-order valence-electron chi connectivity index (χ0n) is 18.2. The average Bonchev–Trinajstić information content (AvgIpc) is 3.41. The van der Waals surface area contributed by atoms with Crippen LogP contribution in [0.5, 0.6) is 5.75 Å². The van der Waals surface area contributed by atoms with Crippen LogP contribution in [-0.4, -0.2) is 42.6 Å². The van der Waals surface area contributed by atoms with E-state index >= 15 is 0 Å². The minimum atomic E-state index is -0.608. The van der Waals surface area contributed by atoms with Gasteiger partial charge in [0.15, 0.2) is 12.0 Å². The van der Waals surface area contributed by atoms with Gasteiger partial charge in [0.05, 0.1) is 23.1 Å². The number of nitrogens with two attached hydrogens (primary N) is 1. The number of fused-ring (bicyclic) bond motifs is 2. The lowest BCUT2D eigenvalue weighted by Crippen LogP contribution is -2.36. The van der Waals surface area contributed by atoms with E-state index < -0.39 is 11.9 Å². The highest BCUT2D eigenvalue weighted by atomic mass is 16.5. The van der Waals surface area contributed by atoms with Gasteiger partial charge in [-0.1, -0.05) is 23.8 Å². The van der Waals surface area contributed by atoms with Crippen molar-refractivity contribution >= 4 is 22.8 Å². The predicted molar refractivity (Wildman–Crippen MR) is 120 cm³/mol. The fourth-order valence-corrected chi connectivity index (χ4v) is 4.58. The summed E-state index contributed by atoms with van der Waals surface area (Å²) in [5.74, 6) is -0.349. The molecule has 2 aliphatic heterocycles. The maximum absolute atomic E-state index is 13.6. The van der Waals surface area contributed by atoms with E-state index in [0.29, 0.717) is 35.4 Å².